The van der Waals surface area contributed by atoms with E-state index in [2.05, 4.69) is 9.97 Å². The van der Waals surface area contributed by atoms with E-state index in [1.807, 2.05) is 13.8 Å². The molecule has 0 amide bonds. The van der Waals surface area contributed by atoms with E-state index in [-0.39, 0.29) is 24.0 Å². The van der Waals surface area contributed by atoms with Crippen LogP contribution < -0.4 is 5.69 Å². The van der Waals surface area contributed by atoms with Gasteiger partial charge >= 0.3 is 5.69 Å². The summed E-state index contributed by atoms with van der Waals surface area (Å²) in [5, 5.41) is 9.26. The average molecular weight is 248 g/mol. The van der Waals surface area contributed by atoms with E-state index in [1.54, 1.807) is 18.2 Å². The van der Waals surface area contributed by atoms with Gasteiger partial charge in [0.05, 0.1) is 17.6 Å². The second-order valence-electron chi connectivity index (χ2n) is 4.74. The molecule has 2 aromatic rings. The number of hydrogen-bond donors (Lipinski definition) is 3. The first-order valence-electron chi connectivity index (χ1n) is 5.90. The number of aliphatic hydroxyl groups excluding tert-OH is 1. The first kappa shape index (κ1) is 12.6. The second kappa shape index (κ2) is 4.78. The number of aromatic nitrogens is 2. The molecule has 1 aromatic heterocycles. The van der Waals surface area contributed by atoms with Crippen LogP contribution in [0.2, 0.25) is 0 Å². The topological polar surface area (TPSA) is 85.9 Å². The SMILES string of the molecule is CC(C)C(CO)C(=O)c1ccc2[nH]c(=O)[nH]c2c1. The molecule has 96 valence electrons. The van der Waals surface area contributed by atoms with Gasteiger partial charge in [-0.25, -0.2) is 4.79 Å². The molecule has 0 bridgehead atoms. The Hall–Kier alpha value is -1.88. The molecule has 0 saturated carbocycles. The van der Waals surface area contributed by atoms with Crippen molar-refractivity contribution in [2.45, 2.75) is 13.8 Å². The lowest BCUT2D eigenvalue weighted by atomic mass is 9.88. The molecule has 3 N–H and O–H groups in total. The highest BCUT2D eigenvalue weighted by Crippen LogP contribution is 2.19. The van der Waals surface area contributed by atoms with Crippen LogP contribution in [0.25, 0.3) is 11.0 Å². The number of benzene rings is 1. The maximum atomic E-state index is 12.2. The molecule has 18 heavy (non-hydrogen) atoms. The number of imidazole rings is 1. The number of aromatic amines is 2. The second-order valence-corrected chi connectivity index (χ2v) is 4.74. The maximum Gasteiger partial charge on any atom is 0.323 e. The predicted molar refractivity (Wildman–Crippen MR) is 68.7 cm³/mol. The smallest absolute Gasteiger partial charge is 0.323 e. The number of nitrogens with one attached hydrogen (secondary N) is 2. The Balaban J connectivity index is 2.41. The lowest BCUT2D eigenvalue weighted by molar-refractivity contribution is 0.0807. The molecular formula is C13H16N2O3. The number of aliphatic hydroxyl groups is 1. The van der Waals surface area contributed by atoms with Crippen LogP contribution in [-0.2, 0) is 0 Å². The number of ketones is 1. The molecule has 0 aliphatic carbocycles. The molecule has 0 spiro atoms. The van der Waals surface area contributed by atoms with E-state index in [4.69, 9.17) is 0 Å². The zero-order chi connectivity index (χ0) is 13.3. The molecule has 1 aromatic carbocycles. The highest BCUT2D eigenvalue weighted by atomic mass is 16.3. The molecular weight excluding hydrogens is 232 g/mol. The van der Waals surface area contributed by atoms with E-state index in [9.17, 15) is 14.7 Å². The molecule has 1 unspecified atom stereocenters. The highest BCUT2D eigenvalue weighted by Gasteiger charge is 2.22. The summed E-state index contributed by atoms with van der Waals surface area (Å²) in [7, 11) is 0. The molecule has 1 atom stereocenters. The standard InChI is InChI=1S/C13H16N2O3/c1-7(2)9(6-16)12(17)8-3-4-10-11(5-8)15-13(18)14-10/h3-5,7,9,16H,6H2,1-2H3,(H2,14,15,18). The fraction of sp³-hybridized carbons (Fsp3) is 0.385. The quantitative estimate of drug-likeness (QED) is 0.713. The number of carbonyl (C=O) groups is 1. The molecule has 5 nitrogen and oxygen atoms in total. The number of H-pyrrole nitrogens is 2. The molecule has 1 heterocycles. The van der Waals surface area contributed by atoms with E-state index >= 15 is 0 Å². The fourth-order valence-corrected chi connectivity index (χ4v) is 2.00. The summed E-state index contributed by atoms with van der Waals surface area (Å²) in [6.45, 7) is 3.63. The molecule has 0 aliphatic rings. The zero-order valence-corrected chi connectivity index (χ0v) is 10.4. The largest absolute Gasteiger partial charge is 0.396 e. The van der Waals surface area contributed by atoms with Crippen molar-refractivity contribution < 1.29 is 9.90 Å². The van der Waals surface area contributed by atoms with Gasteiger partial charge in [-0.05, 0) is 24.1 Å². The van der Waals surface area contributed by atoms with Gasteiger partial charge in [0.2, 0.25) is 0 Å². The van der Waals surface area contributed by atoms with Crippen molar-refractivity contribution in [3.05, 3.63) is 34.2 Å². The van der Waals surface area contributed by atoms with Crippen molar-refractivity contribution in [2.24, 2.45) is 11.8 Å². The van der Waals surface area contributed by atoms with Gasteiger partial charge in [0.1, 0.15) is 0 Å². The van der Waals surface area contributed by atoms with Crippen LogP contribution in [0.4, 0.5) is 0 Å². The van der Waals surface area contributed by atoms with Gasteiger partial charge in [-0.2, -0.15) is 0 Å². The first-order chi connectivity index (χ1) is 8.52. The van der Waals surface area contributed by atoms with Crippen LogP contribution in [0, 0.1) is 11.8 Å². The Bertz CT molecular complexity index is 624. The Kier molecular flexibility index (Phi) is 3.34. The van der Waals surface area contributed by atoms with Crippen molar-refractivity contribution in [3.8, 4) is 0 Å². The Labute approximate surface area is 104 Å². The summed E-state index contributed by atoms with van der Waals surface area (Å²) in [6.07, 6.45) is 0. The Morgan fingerprint density at radius 3 is 2.56 bits per heavy atom. The number of Topliss-reactive ketones (excluding diaryl/α,β-unsaturated/α-hetero) is 1. The van der Waals surface area contributed by atoms with Crippen LogP contribution in [0.15, 0.2) is 23.0 Å². The average Bonchev–Trinajstić information content (AvgIpc) is 2.68. The summed E-state index contributed by atoms with van der Waals surface area (Å²) in [6, 6.07) is 5.00. The fourth-order valence-electron chi connectivity index (χ4n) is 2.00. The lowest BCUT2D eigenvalue weighted by Crippen LogP contribution is -2.24. The van der Waals surface area contributed by atoms with Crippen molar-refractivity contribution in [1.29, 1.82) is 0 Å². The first-order valence-corrected chi connectivity index (χ1v) is 5.90. The van der Waals surface area contributed by atoms with Crippen LogP contribution in [0.1, 0.15) is 24.2 Å². The Morgan fingerprint density at radius 1 is 1.28 bits per heavy atom. The zero-order valence-electron chi connectivity index (χ0n) is 10.4. The summed E-state index contributed by atoms with van der Waals surface area (Å²) in [5.41, 5.74) is 1.48. The minimum Gasteiger partial charge on any atom is -0.396 e. The molecule has 5 heteroatoms. The highest BCUT2D eigenvalue weighted by molar-refractivity contribution is 6.00. The van der Waals surface area contributed by atoms with E-state index in [0.29, 0.717) is 16.6 Å². The van der Waals surface area contributed by atoms with Crippen molar-refractivity contribution >= 4 is 16.8 Å². The van der Waals surface area contributed by atoms with Crippen LogP contribution in [0.5, 0.6) is 0 Å². The van der Waals surface area contributed by atoms with Gasteiger partial charge in [-0.1, -0.05) is 13.8 Å². The van der Waals surface area contributed by atoms with E-state index < -0.39 is 5.92 Å². The van der Waals surface area contributed by atoms with Crippen LogP contribution in [-0.4, -0.2) is 27.5 Å². The third kappa shape index (κ3) is 2.22. The van der Waals surface area contributed by atoms with Gasteiger partial charge in [-0.3, -0.25) is 4.79 Å². The van der Waals surface area contributed by atoms with E-state index in [1.165, 1.54) is 0 Å². The number of fused-ring (bicyclic) bond motifs is 1. The molecule has 0 aliphatic heterocycles. The summed E-state index contributed by atoms with van der Waals surface area (Å²) >= 11 is 0. The number of rotatable bonds is 4. The van der Waals surface area contributed by atoms with Crippen molar-refractivity contribution in [1.82, 2.24) is 9.97 Å². The number of hydrogen-bond acceptors (Lipinski definition) is 3. The normalized spacial score (nSPS) is 13.1. The molecule has 0 saturated heterocycles. The van der Waals surface area contributed by atoms with Crippen LogP contribution >= 0.6 is 0 Å². The van der Waals surface area contributed by atoms with E-state index in [0.717, 1.165) is 0 Å². The van der Waals surface area contributed by atoms with Crippen molar-refractivity contribution in [2.75, 3.05) is 6.61 Å². The van der Waals surface area contributed by atoms with Crippen molar-refractivity contribution in [3.63, 3.8) is 0 Å². The van der Waals surface area contributed by atoms with Gasteiger partial charge in [-0.15, -0.1) is 0 Å². The van der Waals surface area contributed by atoms with Gasteiger partial charge in [0.15, 0.2) is 5.78 Å². The third-order valence-corrected chi connectivity index (χ3v) is 3.14. The molecule has 0 radical (unpaired) electrons. The molecule has 0 fully saturated rings. The third-order valence-electron chi connectivity index (χ3n) is 3.14. The predicted octanol–water partition coefficient (Wildman–Crippen LogP) is 1.30. The van der Waals surface area contributed by atoms with Crippen LogP contribution in [0.3, 0.4) is 0 Å². The van der Waals surface area contributed by atoms with Gasteiger partial charge in [0, 0.05) is 11.5 Å². The maximum absolute atomic E-state index is 12.2. The summed E-state index contributed by atoms with van der Waals surface area (Å²) < 4.78 is 0. The summed E-state index contributed by atoms with van der Waals surface area (Å²) in [4.78, 5) is 28.6. The number of carbonyl (C=O) groups excluding carboxylic acids is 1. The summed E-state index contributed by atoms with van der Waals surface area (Å²) in [5.74, 6) is -0.437. The lowest BCUT2D eigenvalue weighted by Gasteiger charge is -2.16. The Morgan fingerprint density at radius 2 is 1.94 bits per heavy atom. The van der Waals surface area contributed by atoms with Gasteiger partial charge < -0.3 is 15.1 Å². The molecule has 2 rings (SSSR count). The minimum absolute atomic E-state index is 0.0727. The minimum atomic E-state index is -0.409. The monoisotopic (exact) mass is 248 g/mol. The van der Waals surface area contributed by atoms with Gasteiger partial charge in [0.25, 0.3) is 0 Å².